The van der Waals surface area contributed by atoms with Crippen molar-refractivity contribution in [3.8, 4) is 5.75 Å². The average molecular weight is 269 g/mol. The summed E-state index contributed by atoms with van der Waals surface area (Å²) in [7, 11) is 1.72. The van der Waals surface area contributed by atoms with Crippen LogP contribution < -0.4 is 15.4 Å². The Kier molecular flexibility index (Phi) is 2.93. The number of hydrogen-bond donors (Lipinski definition) is 1. The quantitative estimate of drug-likeness (QED) is 0.736. The second-order valence-electron chi connectivity index (χ2n) is 5.29. The molecule has 1 heterocycles. The van der Waals surface area contributed by atoms with Gasteiger partial charge >= 0.3 is 0 Å². The van der Waals surface area contributed by atoms with Crippen LogP contribution in [0.4, 0.5) is 11.4 Å². The maximum absolute atomic E-state index is 12.4. The highest BCUT2D eigenvalue weighted by Gasteiger charge is 2.37. The van der Waals surface area contributed by atoms with Crippen molar-refractivity contribution in [1.82, 2.24) is 0 Å². The average Bonchev–Trinajstić information content (AvgIpc) is 2.37. The second-order valence-corrected chi connectivity index (χ2v) is 5.69. The van der Waals surface area contributed by atoms with Gasteiger partial charge < -0.3 is 15.4 Å². The lowest BCUT2D eigenvalue weighted by Gasteiger charge is -2.25. The number of anilines is 2. The Hall–Kier alpha value is -1.42. The summed E-state index contributed by atoms with van der Waals surface area (Å²) in [5.74, 6) is 0.524. The fourth-order valence-corrected chi connectivity index (χ4v) is 2.40. The van der Waals surface area contributed by atoms with Crippen LogP contribution >= 0.6 is 11.6 Å². The Bertz CT molecular complexity index is 526. The molecule has 5 heteroatoms. The van der Waals surface area contributed by atoms with Crippen LogP contribution in [-0.2, 0) is 4.79 Å². The van der Waals surface area contributed by atoms with Gasteiger partial charge in [-0.2, -0.15) is 0 Å². The zero-order chi connectivity index (χ0) is 13.7. The molecule has 0 aliphatic carbocycles. The van der Waals surface area contributed by atoms with Crippen LogP contribution in [0.1, 0.15) is 19.4 Å². The topological polar surface area (TPSA) is 55.6 Å². The summed E-state index contributed by atoms with van der Waals surface area (Å²) in [4.78, 5) is 13.9. The van der Waals surface area contributed by atoms with E-state index in [0.29, 0.717) is 28.8 Å². The maximum atomic E-state index is 12.4. The van der Waals surface area contributed by atoms with Crippen LogP contribution in [-0.4, -0.2) is 19.6 Å². The molecule has 0 bridgehead atoms. The summed E-state index contributed by atoms with van der Waals surface area (Å²) >= 11 is 6.16. The van der Waals surface area contributed by atoms with Crippen molar-refractivity contribution >= 4 is 28.9 Å². The highest BCUT2D eigenvalue weighted by atomic mass is 35.5. The third kappa shape index (κ3) is 1.81. The van der Waals surface area contributed by atoms with Gasteiger partial charge in [0.1, 0.15) is 6.61 Å². The molecule has 1 aliphatic heterocycles. The predicted molar refractivity (Wildman–Crippen MR) is 73.3 cm³/mol. The SMILES string of the molecule is Cc1c(N)cc(Cl)c2c1N(C)C(=O)C(C)(C)CO2. The van der Waals surface area contributed by atoms with E-state index in [1.54, 1.807) is 18.0 Å². The largest absolute Gasteiger partial charge is 0.489 e. The van der Waals surface area contributed by atoms with Crippen LogP contribution in [0.2, 0.25) is 5.02 Å². The monoisotopic (exact) mass is 268 g/mol. The standard InChI is InChI=1S/C13H17ClN2O2/c1-7-9(15)5-8(14)11-10(7)16(4)12(17)13(2,3)6-18-11/h5H,6,15H2,1-4H3. The van der Waals surface area contributed by atoms with Crippen LogP contribution in [0.15, 0.2) is 6.07 Å². The molecule has 2 N–H and O–H groups in total. The minimum absolute atomic E-state index is 0.00832. The number of carbonyl (C=O) groups excluding carboxylic acids is 1. The van der Waals surface area contributed by atoms with E-state index >= 15 is 0 Å². The van der Waals surface area contributed by atoms with Gasteiger partial charge in [-0.25, -0.2) is 0 Å². The zero-order valence-electron chi connectivity index (χ0n) is 11.0. The van der Waals surface area contributed by atoms with E-state index in [1.165, 1.54) is 0 Å². The highest BCUT2D eigenvalue weighted by molar-refractivity contribution is 6.33. The van der Waals surface area contributed by atoms with E-state index < -0.39 is 5.41 Å². The summed E-state index contributed by atoms with van der Waals surface area (Å²) in [5.41, 5.74) is 7.34. The molecular formula is C13H17ClN2O2. The van der Waals surface area contributed by atoms with Crippen molar-refractivity contribution in [3.05, 3.63) is 16.7 Å². The van der Waals surface area contributed by atoms with E-state index in [-0.39, 0.29) is 5.91 Å². The summed E-state index contributed by atoms with van der Waals surface area (Å²) in [6, 6.07) is 1.66. The van der Waals surface area contributed by atoms with Crippen LogP contribution in [0.25, 0.3) is 0 Å². The van der Waals surface area contributed by atoms with Crippen molar-refractivity contribution in [2.24, 2.45) is 5.41 Å². The third-order valence-electron chi connectivity index (χ3n) is 3.30. The van der Waals surface area contributed by atoms with Gasteiger partial charge in [0, 0.05) is 12.7 Å². The first-order chi connectivity index (χ1) is 8.25. The van der Waals surface area contributed by atoms with Crippen LogP contribution in [0.3, 0.4) is 0 Å². The van der Waals surface area contributed by atoms with Crippen molar-refractivity contribution in [1.29, 1.82) is 0 Å². The van der Waals surface area contributed by atoms with Gasteiger partial charge in [0.2, 0.25) is 5.91 Å². The number of nitrogens with zero attached hydrogens (tertiary/aromatic N) is 1. The molecule has 0 saturated heterocycles. The molecule has 4 nitrogen and oxygen atoms in total. The van der Waals surface area contributed by atoms with Gasteiger partial charge in [-0.15, -0.1) is 0 Å². The van der Waals surface area contributed by atoms with Crippen molar-refractivity contribution < 1.29 is 9.53 Å². The Morgan fingerprint density at radius 3 is 2.72 bits per heavy atom. The normalized spacial score (nSPS) is 18.1. The molecule has 1 aliphatic rings. The minimum atomic E-state index is -0.585. The first kappa shape index (κ1) is 13.0. The van der Waals surface area contributed by atoms with Gasteiger partial charge in [0.05, 0.1) is 16.1 Å². The number of nitrogens with two attached hydrogens (primary N) is 1. The number of hydrogen-bond acceptors (Lipinski definition) is 3. The smallest absolute Gasteiger partial charge is 0.235 e. The molecular weight excluding hydrogens is 252 g/mol. The Labute approximate surface area is 112 Å². The molecule has 1 aromatic rings. The van der Waals surface area contributed by atoms with Crippen LogP contribution in [0, 0.1) is 12.3 Å². The summed E-state index contributed by atoms with van der Waals surface area (Å²) in [5, 5.41) is 0.436. The van der Waals surface area contributed by atoms with Gasteiger partial charge in [0.15, 0.2) is 5.75 Å². The Balaban J connectivity index is 2.69. The van der Waals surface area contributed by atoms with Gasteiger partial charge in [-0.3, -0.25) is 4.79 Å². The summed E-state index contributed by atoms with van der Waals surface area (Å²) < 4.78 is 5.72. The molecule has 98 valence electrons. The molecule has 0 spiro atoms. The number of halogens is 1. The maximum Gasteiger partial charge on any atom is 0.235 e. The second kappa shape index (κ2) is 4.05. The van der Waals surface area contributed by atoms with E-state index in [4.69, 9.17) is 22.1 Å². The first-order valence-electron chi connectivity index (χ1n) is 5.75. The van der Waals surface area contributed by atoms with Crippen molar-refractivity contribution in [2.75, 3.05) is 24.3 Å². The Morgan fingerprint density at radius 2 is 2.11 bits per heavy atom. The minimum Gasteiger partial charge on any atom is -0.489 e. The lowest BCUT2D eigenvalue weighted by atomic mass is 9.93. The molecule has 0 fully saturated rings. The van der Waals surface area contributed by atoms with E-state index in [2.05, 4.69) is 0 Å². The fraction of sp³-hybridized carbons (Fsp3) is 0.462. The van der Waals surface area contributed by atoms with E-state index in [1.807, 2.05) is 20.8 Å². The highest BCUT2D eigenvalue weighted by Crippen LogP contribution is 2.44. The third-order valence-corrected chi connectivity index (χ3v) is 3.58. The van der Waals surface area contributed by atoms with Gasteiger partial charge in [-0.05, 0) is 32.4 Å². The van der Waals surface area contributed by atoms with E-state index in [9.17, 15) is 4.79 Å². The number of carbonyl (C=O) groups is 1. The van der Waals surface area contributed by atoms with Crippen molar-refractivity contribution in [2.45, 2.75) is 20.8 Å². The Morgan fingerprint density at radius 1 is 1.50 bits per heavy atom. The zero-order valence-corrected chi connectivity index (χ0v) is 11.8. The molecule has 1 aromatic carbocycles. The number of rotatable bonds is 0. The molecule has 1 amide bonds. The molecule has 0 radical (unpaired) electrons. The number of nitrogen functional groups attached to an aromatic ring is 1. The van der Waals surface area contributed by atoms with E-state index in [0.717, 1.165) is 5.56 Å². The molecule has 18 heavy (non-hydrogen) atoms. The summed E-state index contributed by atoms with van der Waals surface area (Å²) in [6.45, 7) is 5.86. The van der Waals surface area contributed by atoms with Crippen molar-refractivity contribution in [3.63, 3.8) is 0 Å². The predicted octanol–water partition coefficient (Wildman–Crippen LogP) is 2.61. The molecule has 0 unspecified atom stereocenters. The van der Waals surface area contributed by atoms with Crippen LogP contribution in [0.5, 0.6) is 5.75 Å². The first-order valence-corrected chi connectivity index (χ1v) is 6.13. The summed E-state index contributed by atoms with van der Waals surface area (Å²) in [6.07, 6.45) is 0. The molecule has 0 aromatic heterocycles. The molecule has 0 saturated carbocycles. The lowest BCUT2D eigenvalue weighted by molar-refractivity contribution is -0.127. The van der Waals surface area contributed by atoms with Gasteiger partial charge in [-0.1, -0.05) is 11.6 Å². The lowest BCUT2D eigenvalue weighted by Crippen LogP contribution is -2.40. The number of benzene rings is 1. The number of amides is 1. The number of ether oxygens (including phenoxy) is 1. The molecule has 2 rings (SSSR count). The fourth-order valence-electron chi connectivity index (χ4n) is 2.14. The molecule has 0 atom stereocenters. The number of fused-ring (bicyclic) bond motifs is 1. The van der Waals surface area contributed by atoms with Gasteiger partial charge in [0.25, 0.3) is 0 Å².